The Morgan fingerprint density at radius 1 is 1.10 bits per heavy atom. The first-order valence-electron chi connectivity index (χ1n) is 13.9. The number of thiazole rings is 1. The van der Waals surface area contributed by atoms with Gasteiger partial charge >= 0.3 is 0 Å². The predicted octanol–water partition coefficient (Wildman–Crippen LogP) is 6.29. The highest BCUT2D eigenvalue weighted by Crippen LogP contribution is 2.42. The van der Waals surface area contributed by atoms with E-state index < -0.39 is 15.8 Å². The fraction of sp³-hybridized carbons (Fsp3) is 0.552. The Bertz CT molecular complexity index is 1430. The number of aromatic nitrogens is 3. The summed E-state index contributed by atoms with van der Waals surface area (Å²) in [7, 11) is -3.66. The number of nitrogens with one attached hydrogen (secondary N) is 3. The topological polar surface area (TPSA) is 109 Å². The minimum Gasteiger partial charge on any atom is -0.354 e. The molecule has 8 nitrogen and oxygen atoms in total. The Hall–Kier alpha value is -2.63. The van der Waals surface area contributed by atoms with Crippen LogP contribution in [0.25, 0.3) is 21.8 Å². The van der Waals surface area contributed by atoms with Crippen LogP contribution in [-0.2, 0) is 15.4 Å². The largest absolute Gasteiger partial charge is 0.354 e. The van der Waals surface area contributed by atoms with Crippen molar-refractivity contribution in [1.29, 1.82) is 0 Å². The lowest BCUT2D eigenvalue weighted by Gasteiger charge is -2.37. The van der Waals surface area contributed by atoms with Crippen molar-refractivity contribution in [2.45, 2.75) is 66.2 Å². The van der Waals surface area contributed by atoms with E-state index in [-0.39, 0.29) is 27.8 Å². The smallest absolute Gasteiger partial charge is 0.232 e. The molecule has 1 aliphatic heterocycles. The maximum Gasteiger partial charge on any atom is 0.232 e. The molecule has 1 saturated heterocycles. The van der Waals surface area contributed by atoms with E-state index in [1.807, 2.05) is 0 Å². The molecule has 3 aromatic rings. The van der Waals surface area contributed by atoms with E-state index in [4.69, 9.17) is 9.97 Å². The van der Waals surface area contributed by atoms with E-state index in [1.54, 1.807) is 31.3 Å². The molecule has 0 unspecified atom stereocenters. The molecule has 1 aliphatic rings. The van der Waals surface area contributed by atoms with Crippen LogP contribution in [0.2, 0.25) is 0 Å². The fourth-order valence-corrected chi connectivity index (χ4v) is 7.14. The first-order chi connectivity index (χ1) is 18.8. The van der Waals surface area contributed by atoms with E-state index in [1.165, 1.54) is 17.4 Å². The average Bonchev–Trinajstić information content (AvgIpc) is 3.35. The molecular formula is C29H41FN6O2S2. The number of sulfonamides is 1. The zero-order valence-corrected chi connectivity index (χ0v) is 25.9. The van der Waals surface area contributed by atoms with Crippen molar-refractivity contribution in [2.75, 3.05) is 35.4 Å². The minimum atomic E-state index is -3.66. The van der Waals surface area contributed by atoms with E-state index in [0.717, 1.165) is 37.5 Å². The molecule has 0 spiro atoms. The number of anilines is 2. The molecule has 40 heavy (non-hydrogen) atoms. The van der Waals surface area contributed by atoms with Crippen molar-refractivity contribution in [3.8, 4) is 21.8 Å². The molecule has 2 aromatic heterocycles. The van der Waals surface area contributed by atoms with Gasteiger partial charge < -0.3 is 10.6 Å². The van der Waals surface area contributed by atoms with Gasteiger partial charge in [0.1, 0.15) is 0 Å². The highest BCUT2D eigenvalue weighted by Gasteiger charge is 2.31. The predicted molar refractivity (Wildman–Crippen MR) is 163 cm³/mol. The number of rotatable bonds is 10. The first kappa shape index (κ1) is 30.3. The van der Waals surface area contributed by atoms with Gasteiger partial charge in [-0.1, -0.05) is 47.6 Å². The zero-order chi connectivity index (χ0) is 29.1. The Morgan fingerprint density at radius 2 is 1.82 bits per heavy atom. The fourth-order valence-electron chi connectivity index (χ4n) is 4.90. The van der Waals surface area contributed by atoms with Gasteiger partial charge in [-0.2, -0.15) is 0 Å². The SMILES string of the molecule is CCCS(=O)(=O)Nc1cccc(-c2nc(C(C)(C)C)sc2-c2ccnc(NCC(C)(C)C3CCNCC3)n2)c1F. The van der Waals surface area contributed by atoms with Crippen molar-refractivity contribution in [3.63, 3.8) is 0 Å². The summed E-state index contributed by atoms with van der Waals surface area (Å²) in [5.74, 6) is 0.373. The third-order valence-corrected chi connectivity index (χ3v) is 10.3. The number of hydrogen-bond donors (Lipinski definition) is 3. The van der Waals surface area contributed by atoms with Crippen molar-refractivity contribution in [2.24, 2.45) is 11.3 Å². The third kappa shape index (κ3) is 7.16. The first-order valence-corrected chi connectivity index (χ1v) is 16.4. The summed E-state index contributed by atoms with van der Waals surface area (Å²) in [6, 6.07) is 6.50. The van der Waals surface area contributed by atoms with Crippen LogP contribution < -0.4 is 15.4 Å². The molecule has 0 amide bonds. The molecular weight excluding hydrogens is 547 g/mol. The molecule has 11 heteroatoms. The molecule has 0 saturated carbocycles. The number of hydrogen-bond acceptors (Lipinski definition) is 8. The van der Waals surface area contributed by atoms with E-state index in [9.17, 15) is 8.42 Å². The van der Waals surface area contributed by atoms with Crippen molar-refractivity contribution in [1.82, 2.24) is 20.3 Å². The van der Waals surface area contributed by atoms with E-state index >= 15 is 4.39 Å². The van der Waals surface area contributed by atoms with Gasteiger partial charge in [0.05, 0.1) is 32.7 Å². The second-order valence-electron chi connectivity index (χ2n) is 12.2. The summed E-state index contributed by atoms with van der Waals surface area (Å²) in [6.45, 7) is 15.3. The van der Waals surface area contributed by atoms with Crippen LogP contribution in [0.5, 0.6) is 0 Å². The molecule has 218 valence electrons. The number of nitrogens with zero attached hydrogens (tertiary/aromatic N) is 3. The summed E-state index contributed by atoms with van der Waals surface area (Å²) in [4.78, 5) is 14.8. The van der Waals surface area contributed by atoms with Gasteiger partial charge in [0.2, 0.25) is 16.0 Å². The van der Waals surface area contributed by atoms with Crippen LogP contribution >= 0.6 is 11.3 Å². The lowest BCUT2D eigenvalue weighted by molar-refractivity contribution is 0.180. The van der Waals surface area contributed by atoms with Crippen LogP contribution in [0.4, 0.5) is 16.0 Å². The van der Waals surface area contributed by atoms with Gasteiger partial charge in [0.25, 0.3) is 0 Å². The standard InChI is InChI=1S/C29H41FN6O2S2/c1-7-17-40(37,38)36-21-10-8-9-20(23(21)30)24-25(39-26(35-24)28(2,3)4)22-13-16-32-27(34-22)33-18-29(5,6)19-11-14-31-15-12-19/h8-10,13,16,19,31,36H,7,11-12,14-15,17-18H2,1-6H3,(H,32,33,34). The number of benzene rings is 1. The molecule has 4 rings (SSSR count). The van der Waals surface area contributed by atoms with E-state index in [2.05, 4.69) is 55.0 Å². The van der Waals surface area contributed by atoms with Gasteiger partial charge in [-0.05, 0) is 61.9 Å². The highest BCUT2D eigenvalue weighted by atomic mass is 32.2. The quantitative estimate of drug-likeness (QED) is 0.255. The molecule has 0 bridgehead atoms. The van der Waals surface area contributed by atoms with E-state index in [0.29, 0.717) is 34.6 Å². The molecule has 3 heterocycles. The minimum absolute atomic E-state index is 0.0746. The summed E-state index contributed by atoms with van der Waals surface area (Å²) >= 11 is 1.46. The Labute approximate surface area is 241 Å². The van der Waals surface area contributed by atoms with Crippen molar-refractivity contribution >= 4 is 33.0 Å². The van der Waals surface area contributed by atoms with Gasteiger partial charge in [-0.25, -0.2) is 27.8 Å². The number of piperidine rings is 1. The normalized spacial score (nSPS) is 15.3. The molecule has 1 fully saturated rings. The van der Waals surface area contributed by atoms with Crippen LogP contribution in [-0.4, -0.2) is 48.8 Å². The second-order valence-corrected chi connectivity index (χ2v) is 15.0. The maximum absolute atomic E-state index is 15.8. The second kappa shape index (κ2) is 12.1. The Balaban J connectivity index is 1.69. The molecule has 0 aliphatic carbocycles. The van der Waals surface area contributed by atoms with Crippen LogP contribution in [0.3, 0.4) is 0 Å². The molecule has 0 atom stereocenters. The summed E-state index contributed by atoms with van der Waals surface area (Å²) < 4.78 is 43.0. The monoisotopic (exact) mass is 588 g/mol. The van der Waals surface area contributed by atoms with Crippen LogP contribution in [0, 0.1) is 17.2 Å². The lowest BCUT2D eigenvalue weighted by atomic mass is 9.74. The zero-order valence-electron chi connectivity index (χ0n) is 24.3. The van der Waals surface area contributed by atoms with Crippen molar-refractivity contribution < 1.29 is 12.8 Å². The van der Waals surface area contributed by atoms with Gasteiger partial charge in [-0.15, -0.1) is 11.3 Å². The summed E-state index contributed by atoms with van der Waals surface area (Å²) in [5, 5.41) is 7.70. The van der Waals surface area contributed by atoms with Crippen molar-refractivity contribution in [3.05, 3.63) is 41.3 Å². The average molecular weight is 589 g/mol. The summed E-state index contributed by atoms with van der Waals surface area (Å²) in [6.07, 6.45) is 4.43. The van der Waals surface area contributed by atoms with Gasteiger partial charge in [-0.3, -0.25) is 4.72 Å². The summed E-state index contributed by atoms with van der Waals surface area (Å²) in [5.41, 5.74) is 0.998. The Morgan fingerprint density at radius 3 is 2.50 bits per heavy atom. The maximum atomic E-state index is 15.8. The number of halogens is 1. The molecule has 1 aromatic carbocycles. The Kier molecular flexibility index (Phi) is 9.16. The third-order valence-electron chi connectivity index (χ3n) is 7.30. The van der Waals surface area contributed by atoms with Gasteiger partial charge in [0.15, 0.2) is 5.82 Å². The lowest BCUT2D eigenvalue weighted by Crippen LogP contribution is -2.39. The van der Waals surface area contributed by atoms with Crippen LogP contribution in [0.15, 0.2) is 30.5 Å². The van der Waals surface area contributed by atoms with Gasteiger partial charge in [0, 0.05) is 23.7 Å². The van der Waals surface area contributed by atoms with Crippen LogP contribution in [0.1, 0.15) is 65.8 Å². The molecule has 3 N–H and O–H groups in total. The molecule has 0 radical (unpaired) electrons. The highest BCUT2D eigenvalue weighted by molar-refractivity contribution is 7.92.